The van der Waals surface area contributed by atoms with Crippen LogP contribution in [0, 0.1) is 0 Å². The molecule has 3 N–H and O–H groups in total. The summed E-state index contributed by atoms with van der Waals surface area (Å²) in [7, 11) is 0. The molecule has 0 atom stereocenters. The number of nitrogens with one attached hydrogen (secondary N) is 3. The van der Waals surface area contributed by atoms with Crippen molar-refractivity contribution >= 4 is 17.9 Å². The van der Waals surface area contributed by atoms with E-state index in [1.807, 2.05) is 45.0 Å². The van der Waals surface area contributed by atoms with E-state index in [-0.39, 0.29) is 24.0 Å². The number of aromatic nitrogens is 2. The number of carbonyl (C=O) groups is 2. The van der Waals surface area contributed by atoms with Crippen LogP contribution >= 0.6 is 0 Å². The van der Waals surface area contributed by atoms with Gasteiger partial charge in [0.1, 0.15) is 11.4 Å². The Bertz CT molecular complexity index is 1130. The fraction of sp³-hybridized carbons (Fsp3) is 0.538. The minimum Gasteiger partial charge on any atom is -0.444 e. The third kappa shape index (κ3) is 7.77. The highest BCUT2D eigenvalue weighted by Gasteiger charge is 2.23. The summed E-state index contributed by atoms with van der Waals surface area (Å²) in [6, 6.07) is 9.31. The first-order chi connectivity index (χ1) is 17.7. The SMILES string of the molecule is CC(C)(C)OC(=O)NC1CCN(Cc2ccc(-n3ccc(NC(=O)N4CCNCC4)nc3=O)cc2)CC1. The molecule has 37 heavy (non-hydrogen) atoms. The Morgan fingerprint density at radius 2 is 1.73 bits per heavy atom. The summed E-state index contributed by atoms with van der Waals surface area (Å²) in [5.41, 5.74) is 0.899. The number of alkyl carbamates (subject to hydrolysis) is 1. The first-order valence-corrected chi connectivity index (χ1v) is 12.8. The van der Waals surface area contributed by atoms with Crippen molar-refractivity contribution in [3.05, 3.63) is 52.6 Å². The van der Waals surface area contributed by atoms with Gasteiger partial charge in [0.05, 0.1) is 5.69 Å². The van der Waals surface area contributed by atoms with E-state index < -0.39 is 11.3 Å². The molecule has 1 aromatic heterocycles. The molecule has 0 saturated carbocycles. The third-order valence-corrected chi connectivity index (χ3v) is 6.37. The molecule has 0 unspecified atom stereocenters. The lowest BCUT2D eigenvalue weighted by molar-refractivity contribution is 0.0477. The fourth-order valence-electron chi connectivity index (χ4n) is 4.46. The molecule has 3 heterocycles. The van der Waals surface area contributed by atoms with Gasteiger partial charge in [-0.3, -0.25) is 14.8 Å². The highest BCUT2D eigenvalue weighted by Crippen LogP contribution is 2.16. The molecule has 4 rings (SSSR count). The van der Waals surface area contributed by atoms with E-state index in [0.29, 0.717) is 18.8 Å². The van der Waals surface area contributed by atoms with Gasteiger partial charge >= 0.3 is 17.8 Å². The second-order valence-corrected chi connectivity index (χ2v) is 10.5. The van der Waals surface area contributed by atoms with Crippen molar-refractivity contribution in [3.8, 4) is 5.69 Å². The van der Waals surface area contributed by atoms with Crippen LogP contribution in [0.15, 0.2) is 41.3 Å². The highest BCUT2D eigenvalue weighted by atomic mass is 16.6. The predicted octanol–water partition coefficient (Wildman–Crippen LogP) is 2.16. The lowest BCUT2D eigenvalue weighted by atomic mass is 10.0. The van der Waals surface area contributed by atoms with E-state index in [2.05, 4.69) is 25.8 Å². The quantitative estimate of drug-likeness (QED) is 0.563. The van der Waals surface area contributed by atoms with Gasteiger partial charge < -0.3 is 20.3 Å². The maximum absolute atomic E-state index is 12.6. The number of nitrogens with zero attached hydrogens (tertiary/aromatic N) is 4. The number of carbonyl (C=O) groups excluding carboxylic acids is 2. The van der Waals surface area contributed by atoms with Crippen LogP contribution < -0.4 is 21.6 Å². The van der Waals surface area contributed by atoms with Crippen LogP contribution in [0.1, 0.15) is 39.2 Å². The van der Waals surface area contributed by atoms with Gasteiger partial charge in [0.2, 0.25) is 0 Å². The second kappa shape index (κ2) is 11.7. The smallest absolute Gasteiger partial charge is 0.407 e. The summed E-state index contributed by atoms with van der Waals surface area (Å²) in [6.07, 6.45) is 3.01. The molecule has 2 aliphatic heterocycles. The molecular formula is C26H37N7O4. The van der Waals surface area contributed by atoms with Gasteiger partial charge in [-0.2, -0.15) is 4.98 Å². The van der Waals surface area contributed by atoms with Gasteiger partial charge in [0.25, 0.3) is 0 Å². The lowest BCUT2D eigenvalue weighted by Gasteiger charge is -2.32. The van der Waals surface area contributed by atoms with Crippen LogP contribution in [0.5, 0.6) is 0 Å². The third-order valence-electron chi connectivity index (χ3n) is 6.37. The normalized spacial score (nSPS) is 17.3. The number of benzene rings is 1. The summed E-state index contributed by atoms with van der Waals surface area (Å²) < 4.78 is 6.81. The topological polar surface area (TPSA) is 121 Å². The average molecular weight is 512 g/mol. The van der Waals surface area contributed by atoms with Crippen molar-refractivity contribution in [2.75, 3.05) is 44.6 Å². The summed E-state index contributed by atoms with van der Waals surface area (Å²) in [5, 5.41) is 8.87. The second-order valence-electron chi connectivity index (χ2n) is 10.5. The van der Waals surface area contributed by atoms with Gasteiger partial charge in [0, 0.05) is 58.1 Å². The maximum atomic E-state index is 12.6. The molecule has 0 radical (unpaired) electrons. The van der Waals surface area contributed by atoms with Crippen molar-refractivity contribution in [1.29, 1.82) is 0 Å². The fourth-order valence-corrected chi connectivity index (χ4v) is 4.46. The zero-order valence-electron chi connectivity index (χ0n) is 21.8. The predicted molar refractivity (Wildman–Crippen MR) is 141 cm³/mol. The zero-order valence-corrected chi connectivity index (χ0v) is 21.8. The van der Waals surface area contributed by atoms with Gasteiger partial charge in [-0.25, -0.2) is 14.4 Å². The van der Waals surface area contributed by atoms with Gasteiger partial charge in [-0.05, 0) is 57.4 Å². The Hall–Kier alpha value is -3.44. The monoisotopic (exact) mass is 511 g/mol. The Morgan fingerprint density at radius 1 is 1.05 bits per heavy atom. The molecule has 3 amide bonds. The molecule has 2 aliphatic rings. The minimum atomic E-state index is -0.499. The molecule has 0 aliphatic carbocycles. The Labute approximate surface area is 217 Å². The molecule has 0 bridgehead atoms. The zero-order chi connectivity index (χ0) is 26.4. The number of piperazine rings is 1. The van der Waals surface area contributed by atoms with Crippen LogP contribution in [0.2, 0.25) is 0 Å². The Kier molecular flexibility index (Phi) is 8.45. The first kappa shape index (κ1) is 26.6. The number of ether oxygens (including phenoxy) is 1. The van der Waals surface area contributed by atoms with E-state index >= 15 is 0 Å². The summed E-state index contributed by atoms with van der Waals surface area (Å²) in [6.45, 7) is 10.9. The highest BCUT2D eigenvalue weighted by molar-refractivity contribution is 5.88. The van der Waals surface area contributed by atoms with Gasteiger partial charge in [-0.15, -0.1) is 0 Å². The van der Waals surface area contributed by atoms with Crippen LogP contribution in [0.3, 0.4) is 0 Å². The van der Waals surface area contributed by atoms with E-state index in [4.69, 9.17) is 4.74 Å². The Morgan fingerprint density at radius 3 is 2.35 bits per heavy atom. The van der Waals surface area contributed by atoms with E-state index in [9.17, 15) is 14.4 Å². The van der Waals surface area contributed by atoms with Crippen LogP contribution in [0.4, 0.5) is 15.4 Å². The number of rotatable bonds is 5. The number of piperidine rings is 1. The summed E-state index contributed by atoms with van der Waals surface area (Å²) in [5.74, 6) is 0.242. The maximum Gasteiger partial charge on any atom is 0.407 e. The number of anilines is 1. The number of urea groups is 1. The van der Waals surface area contributed by atoms with Crippen molar-refractivity contribution in [2.45, 2.75) is 51.8 Å². The molecule has 2 aromatic rings. The minimum absolute atomic E-state index is 0.123. The molecule has 11 heteroatoms. The van der Waals surface area contributed by atoms with Gasteiger partial charge in [-0.1, -0.05) is 12.1 Å². The molecular weight excluding hydrogens is 474 g/mol. The molecule has 2 saturated heterocycles. The number of likely N-dealkylation sites (tertiary alicyclic amines) is 1. The van der Waals surface area contributed by atoms with Crippen molar-refractivity contribution in [1.82, 2.24) is 30.0 Å². The van der Waals surface area contributed by atoms with Gasteiger partial charge in [0.15, 0.2) is 0 Å². The average Bonchev–Trinajstić information content (AvgIpc) is 2.85. The van der Waals surface area contributed by atoms with Crippen LogP contribution in [-0.2, 0) is 11.3 Å². The summed E-state index contributed by atoms with van der Waals surface area (Å²) in [4.78, 5) is 45.1. The molecule has 1 aromatic carbocycles. The summed E-state index contributed by atoms with van der Waals surface area (Å²) >= 11 is 0. The Balaban J connectivity index is 1.27. The number of hydrogen-bond acceptors (Lipinski definition) is 7. The van der Waals surface area contributed by atoms with E-state index in [0.717, 1.165) is 51.1 Å². The standard InChI is InChI=1S/C26H37N7O4/c1-26(2,3)37-25(36)28-20-8-13-31(14-9-20)18-19-4-6-21(7-5-19)33-15-10-22(30-24(33)35)29-23(34)32-16-11-27-12-17-32/h4-7,10,15,20,27H,8-9,11-14,16-18H2,1-3H3,(H,28,36)(H,29,30,34,35). The molecule has 200 valence electrons. The van der Waals surface area contributed by atoms with Crippen LogP contribution in [0.25, 0.3) is 5.69 Å². The first-order valence-electron chi connectivity index (χ1n) is 12.8. The van der Waals surface area contributed by atoms with Crippen molar-refractivity contribution in [2.24, 2.45) is 0 Å². The molecule has 2 fully saturated rings. The molecule has 11 nitrogen and oxygen atoms in total. The van der Waals surface area contributed by atoms with Crippen molar-refractivity contribution in [3.63, 3.8) is 0 Å². The van der Waals surface area contributed by atoms with Crippen molar-refractivity contribution < 1.29 is 14.3 Å². The van der Waals surface area contributed by atoms with Crippen LogP contribution in [-0.4, -0.2) is 82.4 Å². The largest absolute Gasteiger partial charge is 0.444 e. The van der Waals surface area contributed by atoms with E-state index in [1.54, 1.807) is 17.2 Å². The molecule has 0 spiro atoms. The van der Waals surface area contributed by atoms with E-state index in [1.165, 1.54) is 4.57 Å². The number of amides is 3. The number of hydrogen-bond donors (Lipinski definition) is 3. The lowest BCUT2D eigenvalue weighted by Crippen LogP contribution is -2.48.